The van der Waals surface area contributed by atoms with Crippen LogP contribution in [0.5, 0.6) is 0 Å². The van der Waals surface area contributed by atoms with Gasteiger partial charge in [-0.15, -0.1) is 6.58 Å². The van der Waals surface area contributed by atoms with E-state index in [2.05, 4.69) is 26.5 Å². The minimum absolute atomic E-state index is 0.0660. The summed E-state index contributed by atoms with van der Waals surface area (Å²) >= 11 is 0. The SMILES string of the molecule is C=CC[C@H]1Cc2c(C#N)cc(CC(C)C)cc2[C@]1(C(=O)OCc1ccccc1)N(C)C(=O)OC(C)(C)C. The van der Waals surface area contributed by atoms with Crippen molar-refractivity contribution in [1.29, 1.82) is 5.26 Å². The normalized spacial score (nSPS) is 18.6. The molecule has 2 atom stereocenters. The molecule has 0 saturated heterocycles. The maximum Gasteiger partial charge on any atom is 0.411 e. The van der Waals surface area contributed by atoms with E-state index >= 15 is 0 Å². The van der Waals surface area contributed by atoms with Gasteiger partial charge in [-0.05, 0) is 74.3 Å². The smallest absolute Gasteiger partial charge is 0.411 e. The van der Waals surface area contributed by atoms with E-state index in [4.69, 9.17) is 9.47 Å². The Morgan fingerprint density at radius 2 is 1.89 bits per heavy atom. The molecular formula is C31H38N2O4. The second-order valence-corrected chi connectivity index (χ2v) is 11.2. The van der Waals surface area contributed by atoms with Gasteiger partial charge in [-0.1, -0.05) is 56.3 Å². The van der Waals surface area contributed by atoms with Crippen LogP contribution in [0.2, 0.25) is 0 Å². The molecule has 1 aliphatic rings. The average Bonchev–Trinajstić information content (AvgIpc) is 3.15. The molecule has 0 aliphatic heterocycles. The average molecular weight is 503 g/mol. The summed E-state index contributed by atoms with van der Waals surface area (Å²) in [6.07, 6.45) is 2.75. The number of rotatable bonds is 8. The summed E-state index contributed by atoms with van der Waals surface area (Å²) in [5.41, 5.74) is 1.50. The highest BCUT2D eigenvalue weighted by molar-refractivity contribution is 5.90. The van der Waals surface area contributed by atoms with Crippen LogP contribution in [0.15, 0.2) is 55.1 Å². The molecule has 6 heteroatoms. The van der Waals surface area contributed by atoms with Crippen LogP contribution in [0.25, 0.3) is 0 Å². The lowest BCUT2D eigenvalue weighted by molar-refractivity contribution is -0.163. The fourth-order valence-electron chi connectivity index (χ4n) is 5.23. The van der Waals surface area contributed by atoms with Gasteiger partial charge in [0.15, 0.2) is 5.54 Å². The number of carbonyl (C=O) groups excluding carboxylic acids is 2. The van der Waals surface area contributed by atoms with Crippen molar-refractivity contribution in [2.24, 2.45) is 11.8 Å². The highest BCUT2D eigenvalue weighted by Gasteiger charge is 2.59. The number of hydrogen-bond acceptors (Lipinski definition) is 5. The maximum absolute atomic E-state index is 14.2. The van der Waals surface area contributed by atoms with Crippen LogP contribution in [-0.4, -0.2) is 29.6 Å². The van der Waals surface area contributed by atoms with E-state index < -0.39 is 23.2 Å². The second-order valence-electron chi connectivity index (χ2n) is 11.2. The molecule has 37 heavy (non-hydrogen) atoms. The van der Waals surface area contributed by atoms with Crippen LogP contribution in [-0.2, 0) is 39.3 Å². The predicted molar refractivity (Wildman–Crippen MR) is 144 cm³/mol. The molecule has 0 radical (unpaired) electrons. The molecule has 0 saturated carbocycles. The zero-order valence-electron chi connectivity index (χ0n) is 22.8. The molecule has 196 valence electrons. The zero-order chi connectivity index (χ0) is 27.4. The summed E-state index contributed by atoms with van der Waals surface area (Å²) in [5.74, 6) is -0.568. The first-order chi connectivity index (χ1) is 17.4. The Hall–Kier alpha value is -3.59. The first kappa shape index (κ1) is 28.0. The summed E-state index contributed by atoms with van der Waals surface area (Å²) in [7, 11) is 1.59. The molecule has 0 aromatic heterocycles. The third-order valence-electron chi connectivity index (χ3n) is 6.70. The Labute approximate surface area is 220 Å². The standard InChI is InChI=1S/C31H38N2O4/c1-8-12-25-18-26-24(19-32)16-23(15-21(2)3)17-27(26)31(25,33(7)29(35)37-30(4,5)6)28(34)36-20-22-13-10-9-11-14-22/h8-11,13-14,16-17,21,25H,1,12,15,18,20H2,2-7H3/t25-,31+/m0/s1. The van der Waals surface area contributed by atoms with E-state index in [-0.39, 0.29) is 12.5 Å². The first-order valence-corrected chi connectivity index (χ1v) is 12.8. The third kappa shape index (κ3) is 5.88. The number of allylic oxidation sites excluding steroid dienone is 1. The number of likely N-dealkylation sites (N-methyl/N-ethyl adjacent to an activating group) is 1. The third-order valence-corrected chi connectivity index (χ3v) is 6.70. The van der Waals surface area contributed by atoms with Gasteiger partial charge in [0.25, 0.3) is 0 Å². The molecule has 2 aromatic carbocycles. The lowest BCUT2D eigenvalue weighted by Crippen LogP contribution is -2.57. The van der Waals surface area contributed by atoms with Crippen LogP contribution in [0.3, 0.4) is 0 Å². The van der Waals surface area contributed by atoms with Crippen molar-refractivity contribution in [2.75, 3.05) is 7.05 Å². The van der Waals surface area contributed by atoms with Crippen LogP contribution in [0, 0.1) is 23.2 Å². The number of benzene rings is 2. The summed E-state index contributed by atoms with van der Waals surface area (Å²) in [5, 5.41) is 10.0. The van der Waals surface area contributed by atoms with Crippen molar-refractivity contribution < 1.29 is 19.1 Å². The Bertz CT molecular complexity index is 1190. The fourth-order valence-corrected chi connectivity index (χ4v) is 5.23. The topological polar surface area (TPSA) is 79.6 Å². The summed E-state index contributed by atoms with van der Waals surface area (Å²) in [6.45, 7) is 13.6. The van der Waals surface area contributed by atoms with Crippen LogP contribution >= 0.6 is 0 Å². The van der Waals surface area contributed by atoms with Gasteiger partial charge >= 0.3 is 12.1 Å². The van der Waals surface area contributed by atoms with Crippen LogP contribution in [0.1, 0.15) is 68.9 Å². The molecule has 0 heterocycles. The van der Waals surface area contributed by atoms with E-state index in [1.165, 1.54) is 4.90 Å². The number of ether oxygens (including phenoxy) is 2. The molecule has 0 unspecified atom stereocenters. The minimum Gasteiger partial charge on any atom is -0.459 e. The van der Waals surface area contributed by atoms with Crippen molar-refractivity contribution in [1.82, 2.24) is 4.90 Å². The van der Waals surface area contributed by atoms with Gasteiger partial charge in [0.1, 0.15) is 12.2 Å². The molecular weight excluding hydrogens is 464 g/mol. The zero-order valence-corrected chi connectivity index (χ0v) is 22.8. The number of esters is 1. The molecule has 0 bridgehead atoms. The molecule has 0 spiro atoms. The van der Waals surface area contributed by atoms with Gasteiger partial charge in [0, 0.05) is 13.0 Å². The molecule has 6 nitrogen and oxygen atoms in total. The molecule has 0 N–H and O–H groups in total. The lowest BCUT2D eigenvalue weighted by Gasteiger charge is -2.42. The highest BCUT2D eigenvalue weighted by Crippen LogP contribution is 2.50. The Morgan fingerprint density at radius 1 is 1.22 bits per heavy atom. The van der Waals surface area contributed by atoms with E-state index in [1.54, 1.807) is 33.9 Å². The monoisotopic (exact) mass is 502 g/mol. The lowest BCUT2D eigenvalue weighted by atomic mass is 9.79. The summed E-state index contributed by atoms with van der Waals surface area (Å²) < 4.78 is 11.7. The van der Waals surface area contributed by atoms with Gasteiger partial charge in [-0.25, -0.2) is 9.59 Å². The number of nitriles is 1. The van der Waals surface area contributed by atoms with Crippen molar-refractivity contribution in [3.63, 3.8) is 0 Å². The van der Waals surface area contributed by atoms with Gasteiger partial charge < -0.3 is 9.47 Å². The highest BCUT2D eigenvalue weighted by atomic mass is 16.6. The minimum atomic E-state index is -1.47. The van der Waals surface area contributed by atoms with Crippen molar-refractivity contribution in [3.05, 3.63) is 82.9 Å². The molecule has 1 amide bonds. The van der Waals surface area contributed by atoms with Gasteiger partial charge in [-0.3, -0.25) is 4.90 Å². The van der Waals surface area contributed by atoms with E-state index in [0.717, 1.165) is 23.1 Å². The molecule has 2 aromatic rings. The van der Waals surface area contributed by atoms with E-state index in [1.807, 2.05) is 42.5 Å². The number of fused-ring (bicyclic) bond motifs is 1. The number of hydrogen-bond donors (Lipinski definition) is 0. The number of amides is 1. The largest absolute Gasteiger partial charge is 0.459 e. The summed E-state index contributed by atoms with van der Waals surface area (Å²) in [6, 6.07) is 15.6. The molecule has 0 fully saturated rings. The Kier molecular flexibility index (Phi) is 8.48. The Morgan fingerprint density at radius 3 is 2.46 bits per heavy atom. The van der Waals surface area contributed by atoms with Crippen molar-refractivity contribution in [2.45, 2.75) is 71.6 Å². The van der Waals surface area contributed by atoms with E-state index in [9.17, 15) is 14.9 Å². The predicted octanol–water partition coefficient (Wildman–Crippen LogP) is 6.31. The van der Waals surface area contributed by atoms with Gasteiger partial charge in [-0.2, -0.15) is 5.26 Å². The van der Waals surface area contributed by atoms with E-state index in [0.29, 0.717) is 29.9 Å². The summed E-state index contributed by atoms with van der Waals surface area (Å²) in [4.78, 5) is 29.1. The van der Waals surface area contributed by atoms with Crippen molar-refractivity contribution >= 4 is 12.1 Å². The number of nitrogens with zero attached hydrogens (tertiary/aromatic N) is 2. The quantitative estimate of drug-likeness (QED) is 0.312. The number of carbonyl (C=O) groups is 2. The van der Waals surface area contributed by atoms with Gasteiger partial charge in [0.2, 0.25) is 0 Å². The fraction of sp³-hybridized carbons (Fsp3) is 0.452. The molecule has 3 rings (SSSR count). The second kappa shape index (κ2) is 11.2. The van der Waals surface area contributed by atoms with Crippen molar-refractivity contribution in [3.8, 4) is 6.07 Å². The molecule has 1 aliphatic carbocycles. The maximum atomic E-state index is 14.2. The van der Waals surface area contributed by atoms with Crippen LogP contribution < -0.4 is 0 Å². The Balaban J connectivity index is 2.23. The first-order valence-electron chi connectivity index (χ1n) is 12.8. The van der Waals surface area contributed by atoms with Gasteiger partial charge in [0.05, 0.1) is 11.6 Å². The van der Waals surface area contributed by atoms with Crippen LogP contribution in [0.4, 0.5) is 4.79 Å².